The molecule has 3 rings (SSSR count). The van der Waals surface area contributed by atoms with Crippen LogP contribution in [0.3, 0.4) is 0 Å². The van der Waals surface area contributed by atoms with Crippen LogP contribution in [-0.4, -0.2) is 66.6 Å². The number of carbonyl (C=O) groups excluding carboxylic acids is 2. The van der Waals surface area contributed by atoms with Crippen LogP contribution in [0.25, 0.3) is 0 Å². The van der Waals surface area contributed by atoms with Crippen LogP contribution in [0.15, 0.2) is 18.5 Å². The molecule has 3 heterocycles. The molecule has 1 amide bonds. The first-order chi connectivity index (χ1) is 10.6. The molecule has 0 radical (unpaired) electrons. The minimum atomic E-state index is -0.670. The number of pyridine rings is 1. The number of fused-ring (bicyclic) bond motifs is 1. The summed E-state index contributed by atoms with van der Waals surface area (Å²) in [4.78, 5) is 27.6. The Kier molecular flexibility index (Phi) is 4.06. The molecule has 2 N–H and O–H groups in total. The first-order valence-corrected chi connectivity index (χ1v) is 6.85. The summed E-state index contributed by atoms with van der Waals surface area (Å²) < 4.78 is 15.5. The molecular weight excluding hydrogens is 292 g/mol. The third kappa shape index (κ3) is 2.68. The van der Waals surface area contributed by atoms with Crippen molar-refractivity contribution in [1.82, 2.24) is 10.3 Å². The zero-order valence-electron chi connectivity index (χ0n) is 11.9. The van der Waals surface area contributed by atoms with Crippen LogP contribution in [0.5, 0.6) is 0 Å². The number of ether oxygens (including phenoxy) is 3. The van der Waals surface area contributed by atoms with E-state index in [9.17, 15) is 14.7 Å². The van der Waals surface area contributed by atoms with Crippen molar-refractivity contribution < 1.29 is 28.9 Å². The highest BCUT2D eigenvalue weighted by atomic mass is 16.6. The van der Waals surface area contributed by atoms with Gasteiger partial charge in [-0.1, -0.05) is 0 Å². The van der Waals surface area contributed by atoms with Gasteiger partial charge in [-0.15, -0.1) is 0 Å². The SMILES string of the molecule is COC(=O)c1cncc(C(=O)N[C@H]2CO[C@H]3[C@@H]2OC[C@H]3O)c1. The molecule has 1 aromatic rings. The topological polar surface area (TPSA) is 107 Å². The molecule has 2 fully saturated rings. The van der Waals surface area contributed by atoms with Gasteiger partial charge in [0, 0.05) is 12.4 Å². The van der Waals surface area contributed by atoms with Crippen molar-refractivity contribution in [2.24, 2.45) is 0 Å². The molecule has 0 aliphatic carbocycles. The van der Waals surface area contributed by atoms with Gasteiger partial charge in [0.25, 0.3) is 5.91 Å². The van der Waals surface area contributed by atoms with Crippen molar-refractivity contribution in [2.75, 3.05) is 20.3 Å². The fourth-order valence-electron chi connectivity index (χ4n) is 2.65. The number of hydrogen-bond acceptors (Lipinski definition) is 7. The third-order valence-electron chi connectivity index (χ3n) is 3.77. The average molecular weight is 308 g/mol. The number of aliphatic hydroxyl groups excluding tert-OH is 1. The molecular formula is C14H16N2O6. The zero-order chi connectivity index (χ0) is 15.7. The highest BCUT2D eigenvalue weighted by Crippen LogP contribution is 2.27. The van der Waals surface area contributed by atoms with Crippen molar-refractivity contribution in [3.05, 3.63) is 29.6 Å². The van der Waals surface area contributed by atoms with Crippen LogP contribution in [-0.2, 0) is 14.2 Å². The van der Waals surface area contributed by atoms with Crippen LogP contribution in [0.2, 0.25) is 0 Å². The Labute approximate surface area is 126 Å². The standard InChI is InChI=1S/C14H16N2O6/c1-20-14(19)8-2-7(3-15-4-8)13(18)16-9-5-21-12-10(17)6-22-11(9)12/h2-4,9-12,17H,5-6H2,1H3,(H,16,18)/t9-,10+,11+,12+/m0/s1. The molecule has 0 saturated carbocycles. The number of nitrogens with one attached hydrogen (secondary N) is 1. The zero-order valence-corrected chi connectivity index (χ0v) is 11.9. The number of methoxy groups -OCH3 is 1. The molecule has 2 saturated heterocycles. The van der Waals surface area contributed by atoms with Gasteiger partial charge in [-0.05, 0) is 6.07 Å². The highest BCUT2D eigenvalue weighted by Gasteiger charge is 2.47. The lowest BCUT2D eigenvalue weighted by atomic mass is 10.1. The van der Waals surface area contributed by atoms with Crippen LogP contribution in [0, 0.1) is 0 Å². The Morgan fingerprint density at radius 1 is 1.27 bits per heavy atom. The summed E-state index contributed by atoms with van der Waals surface area (Å²) in [6.07, 6.45) is 1.24. The average Bonchev–Trinajstić information content (AvgIpc) is 3.10. The summed E-state index contributed by atoms with van der Waals surface area (Å²) in [6.45, 7) is 0.462. The minimum Gasteiger partial charge on any atom is -0.465 e. The van der Waals surface area contributed by atoms with E-state index in [1.54, 1.807) is 0 Å². The maximum absolute atomic E-state index is 12.3. The summed E-state index contributed by atoms with van der Waals surface area (Å²) in [6, 6.07) is 1.06. The molecule has 22 heavy (non-hydrogen) atoms. The third-order valence-corrected chi connectivity index (χ3v) is 3.77. The number of nitrogens with zero attached hydrogens (tertiary/aromatic N) is 1. The van der Waals surface area contributed by atoms with Gasteiger partial charge in [0.2, 0.25) is 0 Å². The van der Waals surface area contributed by atoms with Crippen LogP contribution in [0.4, 0.5) is 0 Å². The van der Waals surface area contributed by atoms with Crippen molar-refractivity contribution >= 4 is 11.9 Å². The van der Waals surface area contributed by atoms with Crippen molar-refractivity contribution in [2.45, 2.75) is 24.4 Å². The molecule has 0 unspecified atom stereocenters. The fraction of sp³-hybridized carbons (Fsp3) is 0.500. The van der Waals surface area contributed by atoms with E-state index in [0.29, 0.717) is 0 Å². The maximum Gasteiger partial charge on any atom is 0.339 e. The molecule has 8 nitrogen and oxygen atoms in total. The molecule has 118 valence electrons. The normalized spacial score (nSPS) is 29.9. The Morgan fingerprint density at radius 2 is 2.00 bits per heavy atom. The van der Waals surface area contributed by atoms with Gasteiger partial charge in [0.1, 0.15) is 18.3 Å². The van der Waals surface area contributed by atoms with E-state index in [1.165, 1.54) is 25.6 Å². The monoisotopic (exact) mass is 308 g/mol. The first kappa shape index (κ1) is 14.9. The summed E-state index contributed by atoms with van der Waals surface area (Å²) in [7, 11) is 1.26. The number of rotatable bonds is 3. The lowest BCUT2D eigenvalue weighted by molar-refractivity contribution is 0.0178. The lowest BCUT2D eigenvalue weighted by Crippen LogP contribution is -2.44. The Balaban J connectivity index is 1.69. The van der Waals surface area contributed by atoms with E-state index in [2.05, 4.69) is 15.0 Å². The van der Waals surface area contributed by atoms with E-state index in [1.807, 2.05) is 0 Å². The lowest BCUT2D eigenvalue weighted by Gasteiger charge is -2.17. The number of carbonyl (C=O) groups is 2. The van der Waals surface area contributed by atoms with Gasteiger partial charge in [-0.25, -0.2) is 4.79 Å². The van der Waals surface area contributed by atoms with Gasteiger partial charge >= 0.3 is 5.97 Å². The second-order valence-electron chi connectivity index (χ2n) is 5.20. The van der Waals surface area contributed by atoms with E-state index >= 15 is 0 Å². The summed E-state index contributed by atoms with van der Waals surface area (Å²) in [5, 5.41) is 12.4. The molecule has 4 atom stereocenters. The molecule has 2 aliphatic heterocycles. The molecule has 1 aromatic heterocycles. The maximum atomic E-state index is 12.3. The van der Waals surface area contributed by atoms with Gasteiger partial charge < -0.3 is 24.6 Å². The van der Waals surface area contributed by atoms with E-state index in [-0.39, 0.29) is 36.5 Å². The van der Waals surface area contributed by atoms with Crippen molar-refractivity contribution in [3.63, 3.8) is 0 Å². The highest BCUT2D eigenvalue weighted by molar-refractivity contribution is 5.97. The van der Waals surface area contributed by atoms with E-state index < -0.39 is 24.1 Å². The van der Waals surface area contributed by atoms with E-state index in [4.69, 9.17) is 9.47 Å². The summed E-state index contributed by atoms with van der Waals surface area (Å²) >= 11 is 0. The predicted octanol–water partition coefficient (Wildman–Crippen LogP) is -0.875. The largest absolute Gasteiger partial charge is 0.465 e. The van der Waals surface area contributed by atoms with Gasteiger partial charge in [0.15, 0.2) is 0 Å². The fourth-order valence-corrected chi connectivity index (χ4v) is 2.65. The second-order valence-corrected chi connectivity index (χ2v) is 5.20. The minimum absolute atomic E-state index is 0.196. The second kappa shape index (κ2) is 5.99. The van der Waals surface area contributed by atoms with Crippen LogP contribution in [0.1, 0.15) is 20.7 Å². The predicted molar refractivity (Wildman–Crippen MR) is 72.3 cm³/mol. The number of amides is 1. The quantitative estimate of drug-likeness (QED) is 0.699. The Hall–Kier alpha value is -2.03. The van der Waals surface area contributed by atoms with Crippen molar-refractivity contribution in [1.29, 1.82) is 0 Å². The summed E-state index contributed by atoms with van der Waals surface area (Å²) in [5.74, 6) is -0.953. The summed E-state index contributed by atoms with van der Waals surface area (Å²) in [5.41, 5.74) is 0.438. The molecule has 0 spiro atoms. The van der Waals surface area contributed by atoms with Crippen LogP contribution >= 0.6 is 0 Å². The van der Waals surface area contributed by atoms with Gasteiger partial charge in [-0.3, -0.25) is 9.78 Å². The Bertz CT molecular complexity index is 592. The van der Waals surface area contributed by atoms with Crippen LogP contribution < -0.4 is 5.32 Å². The smallest absolute Gasteiger partial charge is 0.339 e. The molecule has 8 heteroatoms. The Morgan fingerprint density at radius 3 is 2.77 bits per heavy atom. The molecule has 0 bridgehead atoms. The number of hydrogen-bond donors (Lipinski definition) is 2. The number of aromatic nitrogens is 1. The number of esters is 1. The van der Waals surface area contributed by atoms with Gasteiger partial charge in [-0.2, -0.15) is 0 Å². The van der Waals surface area contributed by atoms with E-state index in [0.717, 1.165) is 0 Å². The van der Waals surface area contributed by atoms with Crippen molar-refractivity contribution in [3.8, 4) is 0 Å². The first-order valence-electron chi connectivity index (χ1n) is 6.85. The molecule has 0 aromatic carbocycles. The number of aliphatic hydroxyl groups is 1. The molecule has 2 aliphatic rings. The van der Waals surface area contributed by atoms with Gasteiger partial charge in [0.05, 0.1) is 37.5 Å².